The Morgan fingerprint density at radius 1 is 1.21 bits per heavy atom. The molecule has 29 heavy (non-hydrogen) atoms. The van der Waals surface area contributed by atoms with Crippen molar-refractivity contribution in [2.24, 2.45) is 0 Å². The Morgan fingerprint density at radius 3 is 2.72 bits per heavy atom. The molecule has 2 saturated heterocycles. The van der Waals surface area contributed by atoms with Gasteiger partial charge in [0.1, 0.15) is 6.04 Å². The lowest BCUT2D eigenvalue weighted by Crippen LogP contribution is -2.63. The molecule has 0 aliphatic carbocycles. The zero-order valence-corrected chi connectivity index (χ0v) is 16.2. The van der Waals surface area contributed by atoms with Gasteiger partial charge in [-0.3, -0.25) is 29.4 Å². The maximum absolute atomic E-state index is 13.1. The topological polar surface area (TPSA) is 117 Å². The number of hydrogen-bond acceptors (Lipinski definition) is 7. The van der Waals surface area contributed by atoms with Crippen molar-refractivity contribution in [3.8, 4) is 0 Å². The minimum absolute atomic E-state index is 0.107. The number of carbonyl (C=O) groups is 4. The standard InChI is InChI=1S/C20H24N4O5/c1-29-8-7-13-14(10-22-13)21-9-11-3-2-4-12-17(11)20(28)24(19(12)27)15-5-6-16(25)23-18(15)26/h2-4,13-15,21-22H,5-10H2,1H3,(H,23,25,26). The number of methoxy groups -OCH3 is 1. The first kappa shape index (κ1) is 19.7. The van der Waals surface area contributed by atoms with Crippen LogP contribution in [0.3, 0.4) is 0 Å². The summed E-state index contributed by atoms with van der Waals surface area (Å²) in [4.78, 5) is 50.5. The van der Waals surface area contributed by atoms with Gasteiger partial charge in [0.15, 0.2) is 0 Å². The highest BCUT2D eigenvalue weighted by molar-refractivity contribution is 6.24. The number of nitrogens with one attached hydrogen (secondary N) is 3. The summed E-state index contributed by atoms with van der Waals surface area (Å²) >= 11 is 0. The number of rotatable bonds is 7. The molecule has 4 amide bonds. The van der Waals surface area contributed by atoms with Gasteiger partial charge in [-0.15, -0.1) is 0 Å². The maximum atomic E-state index is 13.1. The zero-order chi connectivity index (χ0) is 20.5. The number of piperidine rings is 1. The third-order valence-electron chi connectivity index (χ3n) is 5.83. The Kier molecular flexibility index (Phi) is 5.44. The zero-order valence-electron chi connectivity index (χ0n) is 16.2. The molecule has 9 heteroatoms. The van der Waals surface area contributed by atoms with Crippen LogP contribution < -0.4 is 16.0 Å². The van der Waals surface area contributed by atoms with Crippen LogP contribution in [0.1, 0.15) is 45.5 Å². The number of ether oxygens (including phenoxy) is 1. The molecule has 0 radical (unpaired) electrons. The highest BCUT2D eigenvalue weighted by atomic mass is 16.5. The van der Waals surface area contributed by atoms with Crippen LogP contribution in [-0.2, 0) is 20.9 Å². The average molecular weight is 400 g/mol. The van der Waals surface area contributed by atoms with Crippen molar-refractivity contribution >= 4 is 23.6 Å². The first-order valence-corrected chi connectivity index (χ1v) is 9.80. The highest BCUT2D eigenvalue weighted by Gasteiger charge is 2.45. The monoisotopic (exact) mass is 400 g/mol. The van der Waals surface area contributed by atoms with Crippen LogP contribution in [-0.4, -0.2) is 66.9 Å². The van der Waals surface area contributed by atoms with Gasteiger partial charge < -0.3 is 15.4 Å². The Bertz CT molecular complexity index is 870. The summed E-state index contributed by atoms with van der Waals surface area (Å²) in [7, 11) is 1.67. The largest absolute Gasteiger partial charge is 0.385 e. The van der Waals surface area contributed by atoms with Crippen molar-refractivity contribution in [1.29, 1.82) is 0 Å². The molecule has 3 aliphatic heterocycles. The second kappa shape index (κ2) is 8.02. The second-order valence-electron chi connectivity index (χ2n) is 7.57. The van der Waals surface area contributed by atoms with Crippen molar-refractivity contribution < 1.29 is 23.9 Å². The van der Waals surface area contributed by atoms with Crippen molar-refractivity contribution in [3.05, 3.63) is 34.9 Å². The van der Waals surface area contributed by atoms with E-state index in [9.17, 15) is 19.2 Å². The van der Waals surface area contributed by atoms with Gasteiger partial charge in [0.2, 0.25) is 11.8 Å². The molecular weight excluding hydrogens is 376 g/mol. The van der Waals surface area contributed by atoms with E-state index < -0.39 is 23.8 Å². The molecule has 3 N–H and O–H groups in total. The number of fused-ring (bicyclic) bond motifs is 1. The van der Waals surface area contributed by atoms with Crippen LogP contribution in [0.4, 0.5) is 0 Å². The quantitative estimate of drug-likeness (QED) is 0.531. The van der Waals surface area contributed by atoms with E-state index in [1.54, 1.807) is 19.2 Å². The Labute approximate surface area is 168 Å². The summed E-state index contributed by atoms with van der Waals surface area (Å²) < 4.78 is 5.12. The summed E-state index contributed by atoms with van der Waals surface area (Å²) in [5.74, 6) is -1.94. The fourth-order valence-corrected chi connectivity index (χ4v) is 4.14. The Hall–Kier alpha value is -2.62. The van der Waals surface area contributed by atoms with Crippen molar-refractivity contribution in [2.75, 3.05) is 20.3 Å². The van der Waals surface area contributed by atoms with Gasteiger partial charge in [-0.2, -0.15) is 0 Å². The van der Waals surface area contributed by atoms with E-state index in [1.165, 1.54) is 0 Å². The fraction of sp³-hybridized carbons (Fsp3) is 0.500. The molecular formula is C20H24N4O5. The van der Waals surface area contributed by atoms with Crippen LogP contribution in [0.15, 0.2) is 18.2 Å². The fourth-order valence-electron chi connectivity index (χ4n) is 4.14. The van der Waals surface area contributed by atoms with Crippen molar-refractivity contribution in [1.82, 2.24) is 20.9 Å². The molecule has 9 nitrogen and oxygen atoms in total. The lowest BCUT2D eigenvalue weighted by Gasteiger charge is -2.39. The van der Waals surface area contributed by atoms with Gasteiger partial charge in [0.05, 0.1) is 11.1 Å². The van der Waals surface area contributed by atoms with E-state index >= 15 is 0 Å². The molecule has 3 aliphatic rings. The molecule has 0 spiro atoms. The number of carbonyl (C=O) groups excluding carboxylic acids is 4. The predicted molar refractivity (Wildman–Crippen MR) is 102 cm³/mol. The van der Waals surface area contributed by atoms with Crippen LogP contribution >= 0.6 is 0 Å². The van der Waals surface area contributed by atoms with Gasteiger partial charge >= 0.3 is 0 Å². The first-order chi connectivity index (χ1) is 14.0. The van der Waals surface area contributed by atoms with Gasteiger partial charge in [-0.25, -0.2) is 0 Å². The summed E-state index contributed by atoms with van der Waals surface area (Å²) in [6.45, 7) is 1.95. The molecule has 3 atom stereocenters. The molecule has 1 aromatic rings. The number of amides is 4. The van der Waals surface area contributed by atoms with Crippen LogP contribution in [0.5, 0.6) is 0 Å². The lowest BCUT2D eigenvalue weighted by atomic mass is 9.96. The Balaban J connectivity index is 1.49. The Morgan fingerprint density at radius 2 is 2.03 bits per heavy atom. The predicted octanol–water partition coefficient (Wildman–Crippen LogP) is -0.446. The molecule has 2 fully saturated rings. The molecule has 4 rings (SSSR count). The van der Waals surface area contributed by atoms with Crippen LogP contribution in [0.2, 0.25) is 0 Å². The first-order valence-electron chi connectivity index (χ1n) is 9.80. The van der Waals surface area contributed by atoms with Crippen molar-refractivity contribution in [3.63, 3.8) is 0 Å². The summed E-state index contributed by atoms with van der Waals surface area (Å²) in [6, 6.07) is 4.80. The minimum Gasteiger partial charge on any atom is -0.385 e. The SMILES string of the molecule is COCCC1NCC1NCc1cccc2c1C(=O)N(C1CCC(=O)NC1=O)C2=O. The van der Waals surface area contributed by atoms with E-state index in [0.717, 1.165) is 23.4 Å². The van der Waals surface area contributed by atoms with Gasteiger partial charge in [-0.05, 0) is 24.5 Å². The molecule has 1 aromatic carbocycles. The van der Waals surface area contributed by atoms with Crippen LogP contribution in [0.25, 0.3) is 0 Å². The van der Waals surface area contributed by atoms with E-state index in [4.69, 9.17) is 4.74 Å². The summed E-state index contributed by atoms with van der Waals surface area (Å²) in [5.41, 5.74) is 1.38. The molecule has 0 saturated carbocycles. The summed E-state index contributed by atoms with van der Waals surface area (Å²) in [5, 5.41) is 9.01. The second-order valence-corrected chi connectivity index (χ2v) is 7.57. The highest BCUT2D eigenvalue weighted by Crippen LogP contribution is 2.30. The molecule has 0 aromatic heterocycles. The number of hydrogen-bond donors (Lipinski definition) is 3. The normalized spacial score (nSPS) is 26.4. The van der Waals surface area contributed by atoms with Gasteiger partial charge in [0, 0.05) is 45.3 Å². The smallest absolute Gasteiger partial charge is 0.262 e. The third-order valence-corrected chi connectivity index (χ3v) is 5.83. The molecule has 3 heterocycles. The summed E-state index contributed by atoms with van der Waals surface area (Å²) in [6.07, 6.45) is 1.15. The van der Waals surface area contributed by atoms with E-state index in [0.29, 0.717) is 30.3 Å². The number of benzene rings is 1. The number of nitrogens with zero attached hydrogens (tertiary/aromatic N) is 1. The van der Waals surface area contributed by atoms with E-state index in [-0.39, 0.29) is 24.8 Å². The third kappa shape index (κ3) is 3.57. The van der Waals surface area contributed by atoms with Crippen molar-refractivity contribution in [2.45, 2.75) is 43.9 Å². The molecule has 154 valence electrons. The van der Waals surface area contributed by atoms with Gasteiger partial charge in [0.25, 0.3) is 11.8 Å². The van der Waals surface area contributed by atoms with Gasteiger partial charge in [-0.1, -0.05) is 12.1 Å². The lowest BCUT2D eigenvalue weighted by molar-refractivity contribution is -0.136. The molecule has 0 bridgehead atoms. The number of imide groups is 2. The van der Waals surface area contributed by atoms with Crippen LogP contribution in [0, 0.1) is 0 Å². The maximum Gasteiger partial charge on any atom is 0.262 e. The minimum atomic E-state index is -0.949. The molecule has 3 unspecified atom stereocenters. The van der Waals surface area contributed by atoms with E-state index in [1.807, 2.05) is 6.07 Å². The van der Waals surface area contributed by atoms with E-state index in [2.05, 4.69) is 16.0 Å². The average Bonchev–Trinajstić information content (AvgIpc) is 2.93.